The van der Waals surface area contributed by atoms with E-state index in [0.29, 0.717) is 17.0 Å². The van der Waals surface area contributed by atoms with Gasteiger partial charge >= 0.3 is 0 Å². The number of aromatic nitrogens is 2. The minimum atomic E-state index is -0.458. The first-order valence-corrected chi connectivity index (χ1v) is 6.53. The molecule has 0 aliphatic rings. The van der Waals surface area contributed by atoms with Crippen LogP contribution >= 0.6 is 15.9 Å². The molecule has 0 aliphatic carbocycles. The van der Waals surface area contributed by atoms with Gasteiger partial charge < -0.3 is 28.4 Å². The third-order valence-corrected chi connectivity index (χ3v) is 3.23. The standard InChI is InChI=1S/C13H9BrN3O3.HI/c1-16-6-8(4-9(14)7-16)13-15-11-3-2-10(17(18)19)5-12(11)20-13;/h2-7H,1H3;1H/q+1;/p-1. The molecule has 0 fully saturated rings. The van der Waals surface area contributed by atoms with E-state index >= 15 is 0 Å². The highest BCUT2D eigenvalue weighted by Gasteiger charge is 2.15. The van der Waals surface area contributed by atoms with Crippen molar-refractivity contribution in [3.05, 3.63) is 51.2 Å². The molecule has 0 aliphatic heterocycles. The zero-order chi connectivity index (χ0) is 14.3. The normalized spacial score (nSPS) is 10.4. The number of hydrogen-bond donors (Lipinski definition) is 0. The summed E-state index contributed by atoms with van der Waals surface area (Å²) < 4.78 is 8.37. The van der Waals surface area contributed by atoms with Gasteiger partial charge in [-0.25, -0.2) is 9.55 Å². The van der Waals surface area contributed by atoms with Crippen LogP contribution in [0.2, 0.25) is 0 Å². The minimum absolute atomic E-state index is 0. The van der Waals surface area contributed by atoms with Crippen LogP contribution in [-0.2, 0) is 7.05 Å². The first-order chi connectivity index (χ1) is 9.52. The maximum atomic E-state index is 10.7. The van der Waals surface area contributed by atoms with Crippen LogP contribution < -0.4 is 28.5 Å². The molecule has 21 heavy (non-hydrogen) atoms. The average molecular weight is 462 g/mol. The summed E-state index contributed by atoms with van der Waals surface area (Å²) in [6.07, 6.45) is 3.76. The zero-order valence-corrected chi connectivity index (χ0v) is 14.5. The average Bonchev–Trinajstić information content (AvgIpc) is 2.80. The smallest absolute Gasteiger partial charge is 0.273 e. The van der Waals surface area contributed by atoms with Gasteiger partial charge in [-0.1, -0.05) is 0 Å². The van der Waals surface area contributed by atoms with Gasteiger partial charge in [0.15, 0.2) is 18.0 Å². The predicted molar refractivity (Wildman–Crippen MR) is 75.0 cm³/mol. The molecule has 0 bridgehead atoms. The molecule has 0 unspecified atom stereocenters. The van der Waals surface area contributed by atoms with Gasteiger partial charge in [-0.15, -0.1) is 0 Å². The number of nitrogens with zero attached hydrogens (tertiary/aromatic N) is 3. The summed E-state index contributed by atoms with van der Waals surface area (Å²) in [5, 5.41) is 10.7. The lowest BCUT2D eigenvalue weighted by molar-refractivity contribution is -0.671. The van der Waals surface area contributed by atoms with E-state index in [-0.39, 0.29) is 29.7 Å². The van der Waals surface area contributed by atoms with Crippen LogP contribution in [0.1, 0.15) is 0 Å². The molecule has 8 heteroatoms. The fourth-order valence-corrected chi connectivity index (χ4v) is 2.51. The number of nitro benzene ring substituents is 1. The summed E-state index contributed by atoms with van der Waals surface area (Å²) in [6, 6.07) is 6.25. The minimum Gasteiger partial charge on any atom is -1.00 e. The quantitative estimate of drug-likeness (QED) is 0.233. The van der Waals surface area contributed by atoms with Crippen molar-refractivity contribution in [3.8, 4) is 11.5 Å². The molecular formula is C13H9BrIN3O3. The van der Waals surface area contributed by atoms with Gasteiger partial charge in [0, 0.05) is 6.07 Å². The zero-order valence-electron chi connectivity index (χ0n) is 10.8. The van der Waals surface area contributed by atoms with Crippen LogP contribution in [0.25, 0.3) is 22.6 Å². The molecular weight excluding hydrogens is 453 g/mol. The molecule has 1 aromatic carbocycles. The third kappa shape index (κ3) is 3.21. The second kappa shape index (κ2) is 6.06. The second-order valence-electron chi connectivity index (χ2n) is 4.34. The first-order valence-electron chi connectivity index (χ1n) is 5.74. The number of benzene rings is 1. The highest BCUT2D eigenvalue weighted by Crippen LogP contribution is 2.27. The molecule has 0 saturated heterocycles. The maximum Gasteiger partial charge on any atom is 0.273 e. The number of nitro groups is 1. The summed E-state index contributed by atoms with van der Waals surface area (Å²) in [5.74, 6) is 0.428. The summed E-state index contributed by atoms with van der Waals surface area (Å²) in [5.41, 5.74) is 1.77. The Hall–Kier alpha value is -1.55. The Kier molecular flexibility index (Phi) is 4.57. The number of fused-ring (bicyclic) bond motifs is 1. The molecule has 0 atom stereocenters. The van der Waals surface area contributed by atoms with Crippen LogP contribution in [0.5, 0.6) is 0 Å². The fourth-order valence-electron chi connectivity index (χ4n) is 1.94. The van der Waals surface area contributed by atoms with Gasteiger partial charge in [0.2, 0.25) is 5.89 Å². The van der Waals surface area contributed by atoms with Gasteiger partial charge in [-0.2, -0.15) is 0 Å². The highest BCUT2D eigenvalue weighted by molar-refractivity contribution is 9.10. The van der Waals surface area contributed by atoms with E-state index < -0.39 is 4.92 Å². The molecule has 0 radical (unpaired) electrons. The lowest BCUT2D eigenvalue weighted by atomic mass is 10.3. The van der Waals surface area contributed by atoms with E-state index in [2.05, 4.69) is 20.9 Å². The number of non-ortho nitro benzene ring substituents is 1. The molecule has 108 valence electrons. The Morgan fingerprint density at radius 2 is 2.10 bits per heavy atom. The van der Waals surface area contributed by atoms with Crippen molar-refractivity contribution in [2.75, 3.05) is 0 Å². The van der Waals surface area contributed by atoms with Gasteiger partial charge in [-0.05, 0) is 28.1 Å². The van der Waals surface area contributed by atoms with E-state index in [1.807, 2.05) is 30.1 Å². The van der Waals surface area contributed by atoms with Crippen LogP contribution in [0.4, 0.5) is 5.69 Å². The van der Waals surface area contributed by atoms with Crippen LogP contribution in [0.15, 0.2) is 45.5 Å². The van der Waals surface area contributed by atoms with Crippen LogP contribution in [0, 0.1) is 10.1 Å². The van der Waals surface area contributed by atoms with Crippen molar-refractivity contribution in [2.45, 2.75) is 0 Å². The Balaban J connectivity index is 0.00000161. The maximum absolute atomic E-state index is 10.7. The van der Waals surface area contributed by atoms with Crippen molar-refractivity contribution in [3.63, 3.8) is 0 Å². The Bertz CT molecular complexity index is 814. The predicted octanol–water partition coefficient (Wildman–Crippen LogP) is -0.00600. The molecule has 6 nitrogen and oxygen atoms in total. The summed E-state index contributed by atoms with van der Waals surface area (Å²) >= 11 is 3.41. The summed E-state index contributed by atoms with van der Waals surface area (Å²) in [4.78, 5) is 14.6. The lowest BCUT2D eigenvalue weighted by Crippen LogP contribution is -3.00. The van der Waals surface area contributed by atoms with E-state index in [1.165, 1.54) is 12.1 Å². The van der Waals surface area contributed by atoms with Crippen molar-refractivity contribution < 1.29 is 37.9 Å². The molecule has 0 spiro atoms. The Labute approximate surface area is 145 Å². The topological polar surface area (TPSA) is 73.0 Å². The number of pyridine rings is 1. The SMILES string of the molecule is C[n+]1cc(Br)cc(-c2nc3ccc([N+](=O)[O-])cc3o2)c1.[I-]. The number of halogens is 2. The van der Waals surface area contributed by atoms with E-state index in [0.717, 1.165) is 10.0 Å². The number of rotatable bonds is 2. The monoisotopic (exact) mass is 461 g/mol. The van der Waals surface area contributed by atoms with Crippen LogP contribution in [-0.4, -0.2) is 9.91 Å². The molecule has 0 saturated carbocycles. The highest BCUT2D eigenvalue weighted by atomic mass is 127. The van der Waals surface area contributed by atoms with Gasteiger partial charge in [-0.3, -0.25) is 10.1 Å². The molecule has 0 N–H and O–H groups in total. The molecule has 0 amide bonds. The van der Waals surface area contributed by atoms with Gasteiger partial charge in [0.05, 0.1) is 15.5 Å². The number of oxazole rings is 1. The number of hydrogen-bond acceptors (Lipinski definition) is 4. The van der Waals surface area contributed by atoms with Crippen molar-refractivity contribution in [1.82, 2.24) is 4.98 Å². The molecule has 2 aromatic heterocycles. The lowest BCUT2D eigenvalue weighted by Gasteiger charge is -1.94. The van der Waals surface area contributed by atoms with Crippen LogP contribution in [0.3, 0.4) is 0 Å². The van der Waals surface area contributed by atoms with Crippen molar-refractivity contribution in [1.29, 1.82) is 0 Å². The van der Waals surface area contributed by atoms with E-state index in [4.69, 9.17) is 4.42 Å². The number of aryl methyl sites for hydroxylation is 1. The van der Waals surface area contributed by atoms with Crippen molar-refractivity contribution in [2.24, 2.45) is 7.05 Å². The van der Waals surface area contributed by atoms with E-state index in [9.17, 15) is 10.1 Å². The van der Waals surface area contributed by atoms with Crippen molar-refractivity contribution >= 4 is 32.7 Å². The second-order valence-corrected chi connectivity index (χ2v) is 5.25. The molecule has 2 heterocycles. The largest absolute Gasteiger partial charge is 1.00 e. The Morgan fingerprint density at radius 3 is 2.76 bits per heavy atom. The van der Waals surface area contributed by atoms with Gasteiger partial charge in [0.1, 0.15) is 18.1 Å². The molecule has 3 aromatic rings. The Morgan fingerprint density at radius 1 is 1.33 bits per heavy atom. The van der Waals surface area contributed by atoms with E-state index in [1.54, 1.807) is 6.07 Å². The summed E-state index contributed by atoms with van der Waals surface area (Å²) in [7, 11) is 1.89. The first kappa shape index (κ1) is 15.8. The molecule has 3 rings (SSSR count). The third-order valence-electron chi connectivity index (χ3n) is 2.79. The summed E-state index contributed by atoms with van der Waals surface area (Å²) in [6.45, 7) is 0. The van der Waals surface area contributed by atoms with Gasteiger partial charge in [0.25, 0.3) is 5.69 Å². The fraction of sp³-hybridized carbons (Fsp3) is 0.0769.